The zero-order valence-electron chi connectivity index (χ0n) is 18.6. The molecular formula is C24H30N4O4. The molecule has 0 aliphatic carbocycles. The van der Waals surface area contributed by atoms with Crippen molar-refractivity contribution in [1.82, 2.24) is 15.8 Å². The van der Waals surface area contributed by atoms with Gasteiger partial charge in [-0.25, -0.2) is 10.3 Å². The molecule has 2 aromatic carbocycles. The highest BCUT2D eigenvalue weighted by Gasteiger charge is 2.25. The lowest BCUT2D eigenvalue weighted by molar-refractivity contribution is -0.136. The predicted molar refractivity (Wildman–Crippen MR) is 122 cm³/mol. The minimum atomic E-state index is -0.891. The van der Waals surface area contributed by atoms with Crippen LogP contribution in [0.1, 0.15) is 37.6 Å². The van der Waals surface area contributed by atoms with Gasteiger partial charge in [0.05, 0.1) is 6.61 Å². The lowest BCUT2D eigenvalue weighted by atomic mass is 10.1. The van der Waals surface area contributed by atoms with E-state index >= 15 is 0 Å². The van der Waals surface area contributed by atoms with E-state index in [0.29, 0.717) is 6.54 Å². The Morgan fingerprint density at radius 1 is 1.06 bits per heavy atom. The first-order valence-electron chi connectivity index (χ1n) is 10.5. The molecule has 8 heteroatoms. The van der Waals surface area contributed by atoms with Crippen molar-refractivity contribution in [3.05, 3.63) is 71.4 Å². The van der Waals surface area contributed by atoms with E-state index in [4.69, 9.17) is 15.3 Å². The van der Waals surface area contributed by atoms with E-state index in [0.717, 1.165) is 27.7 Å². The van der Waals surface area contributed by atoms with Gasteiger partial charge in [-0.2, -0.15) is 0 Å². The van der Waals surface area contributed by atoms with Crippen molar-refractivity contribution in [1.29, 1.82) is 0 Å². The number of hydrogen-bond acceptors (Lipinski definition) is 5. The number of amides is 2. The summed E-state index contributed by atoms with van der Waals surface area (Å²) >= 11 is 0. The largest absolute Gasteiger partial charge is 0.444 e. The SMILES string of the molecule is CC(C)(C)OC(=O)NC(Cc1cc2ccccc2[nH]1)C(=O)NOCc1ccc(CN)cc1. The third-order valence-corrected chi connectivity index (χ3v) is 4.69. The van der Waals surface area contributed by atoms with Crippen LogP contribution in [0.3, 0.4) is 0 Å². The fourth-order valence-corrected chi connectivity index (χ4v) is 3.16. The molecule has 32 heavy (non-hydrogen) atoms. The lowest BCUT2D eigenvalue weighted by Gasteiger charge is -2.23. The minimum Gasteiger partial charge on any atom is -0.444 e. The molecule has 1 aromatic heterocycles. The van der Waals surface area contributed by atoms with Crippen molar-refractivity contribution in [2.75, 3.05) is 0 Å². The highest BCUT2D eigenvalue weighted by molar-refractivity contribution is 5.86. The summed E-state index contributed by atoms with van der Waals surface area (Å²) in [5.74, 6) is -0.479. The van der Waals surface area contributed by atoms with Crippen molar-refractivity contribution in [2.45, 2.75) is 52.0 Å². The maximum Gasteiger partial charge on any atom is 0.408 e. The summed E-state index contributed by atoms with van der Waals surface area (Å²) in [6.45, 7) is 5.93. The number of carbonyl (C=O) groups excluding carboxylic acids is 2. The number of hydrogen-bond donors (Lipinski definition) is 4. The number of hydroxylamine groups is 1. The molecule has 0 saturated heterocycles. The Kier molecular flexibility index (Phi) is 7.50. The molecule has 8 nitrogen and oxygen atoms in total. The molecule has 0 saturated carbocycles. The van der Waals surface area contributed by atoms with Crippen molar-refractivity contribution in [3.63, 3.8) is 0 Å². The Labute approximate surface area is 187 Å². The van der Waals surface area contributed by atoms with Crippen LogP contribution in [-0.2, 0) is 33.9 Å². The minimum absolute atomic E-state index is 0.183. The Hall–Kier alpha value is -3.36. The zero-order chi connectivity index (χ0) is 23.1. The molecule has 0 bridgehead atoms. The number of para-hydroxylation sites is 1. The fraction of sp³-hybridized carbons (Fsp3) is 0.333. The zero-order valence-corrected chi connectivity index (χ0v) is 18.6. The molecule has 3 aromatic rings. The number of aromatic nitrogens is 1. The molecule has 0 spiro atoms. The van der Waals surface area contributed by atoms with Gasteiger partial charge in [0.2, 0.25) is 0 Å². The van der Waals surface area contributed by atoms with Crippen LogP contribution in [0.15, 0.2) is 54.6 Å². The van der Waals surface area contributed by atoms with Gasteiger partial charge >= 0.3 is 6.09 Å². The summed E-state index contributed by atoms with van der Waals surface area (Å²) in [6.07, 6.45) is -0.431. The van der Waals surface area contributed by atoms with Crippen molar-refractivity contribution >= 4 is 22.9 Å². The second kappa shape index (κ2) is 10.3. The van der Waals surface area contributed by atoms with Crippen molar-refractivity contribution < 1.29 is 19.2 Å². The first-order chi connectivity index (χ1) is 15.2. The number of aromatic amines is 1. The molecule has 0 aliphatic rings. The van der Waals surface area contributed by atoms with Gasteiger partial charge in [-0.15, -0.1) is 0 Å². The average Bonchev–Trinajstić information content (AvgIpc) is 3.14. The molecule has 0 radical (unpaired) electrons. The van der Waals surface area contributed by atoms with E-state index < -0.39 is 23.6 Å². The number of alkyl carbamates (subject to hydrolysis) is 1. The topological polar surface area (TPSA) is 118 Å². The van der Waals surface area contributed by atoms with Crippen molar-refractivity contribution in [2.24, 2.45) is 5.73 Å². The number of benzene rings is 2. The van der Waals surface area contributed by atoms with E-state index in [-0.39, 0.29) is 13.0 Å². The quantitative estimate of drug-likeness (QED) is 0.403. The summed E-state index contributed by atoms with van der Waals surface area (Å²) in [5, 5.41) is 3.67. The third-order valence-electron chi connectivity index (χ3n) is 4.69. The number of carbonyl (C=O) groups is 2. The van der Waals surface area contributed by atoms with E-state index in [9.17, 15) is 9.59 Å². The van der Waals surface area contributed by atoms with Crippen LogP contribution in [0.4, 0.5) is 4.79 Å². The van der Waals surface area contributed by atoms with Gasteiger partial charge in [0.15, 0.2) is 0 Å². The summed E-state index contributed by atoms with van der Waals surface area (Å²) in [5.41, 5.74) is 11.0. The molecule has 1 unspecified atom stereocenters. The molecule has 2 amide bonds. The Morgan fingerprint density at radius 2 is 1.75 bits per heavy atom. The van der Waals surface area contributed by atoms with Crippen LogP contribution in [0.5, 0.6) is 0 Å². The van der Waals surface area contributed by atoms with Crippen LogP contribution in [0.25, 0.3) is 10.9 Å². The molecule has 0 aliphatic heterocycles. The number of H-pyrrole nitrogens is 1. The van der Waals surface area contributed by atoms with Gasteiger partial charge in [-0.05, 0) is 49.4 Å². The van der Waals surface area contributed by atoms with Gasteiger partial charge < -0.3 is 20.8 Å². The van der Waals surface area contributed by atoms with E-state index in [1.165, 1.54) is 0 Å². The number of nitrogens with one attached hydrogen (secondary N) is 3. The first-order valence-corrected chi connectivity index (χ1v) is 10.5. The lowest BCUT2D eigenvalue weighted by Crippen LogP contribution is -2.49. The normalized spacial score (nSPS) is 12.4. The first kappa shape index (κ1) is 23.3. The number of ether oxygens (including phenoxy) is 1. The van der Waals surface area contributed by atoms with Crippen LogP contribution in [0.2, 0.25) is 0 Å². The smallest absolute Gasteiger partial charge is 0.408 e. The molecule has 0 fully saturated rings. The summed E-state index contributed by atoms with van der Waals surface area (Å²) < 4.78 is 5.32. The highest BCUT2D eigenvalue weighted by Crippen LogP contribution is 2.16. The van der Waals surface area contributed by atoms with Gasteiger partial charge in [0, 0.05) is 24.2 Å². The molecule has 1 atom stereocenters. The van der Waals surface area contributed by atoms with Gasteiger partial charge in [-0.3, -0.25) is 9.63 Å². The van der Waals surface area contributed by atoms with Crippen LogP contribution >= 0.6 is 0 Å². The number of nitrogens with two attached hydrogens (primary N) is 1. The van der Waals surface area contributed by atoms with Gasteiger partial charge in [0.25, 0.3) is 5.91 Å². The van der Waals surface area contributed by atoms with Crippen LogP contribution < -0.4 is 16.5 Å². The van der Waals surface area contributed by atoms with E-state index in [1.54, 1.807) is 20.8 Å². The summed E-state index contributed by atoms with van der Waals surface area (Å²) in [4.78, 5) is 33.8. The maximum atomic E-state index is 12.8. The second-order valence-corrected chi connectivity index (χ2v) is 8.56. The van der Waals surface area contributed by atoms with E-state index in [2.05, 4.69) is 15.8 Å². The van der Waals surface area contributed by atoms with Crippen molar-refractivity contribution in [3.8, 4) is 0 Å². The maximum absolute atomic E-state index is 12.8. The molecular weight excluding hydrogens is 408 g/mol. The molecule has 3 rings (SSSR count). The fourth-order valence-electron chi connectivity index (χ4n) is 3.16. The van der Waals surface area contributed by atoms with Crippen LogP contribution in [0, 0.1) is 0 Å². The average molecular weight is 439 g/mol. The summed E-state index contributed by atoms with van der Waals surface area (Å²) in [7, 11) is 0. The Morgan fingerprint density at radius 3 is 2.41 bits per heavy atom. The van der Waals surface area contributed by atoms with Crippen LogP contribution in [-0.4, -0.2) is 28.6 Å². The predicted octanol–water partition coefficient (Wildman–Crippen LogP) is 3.31. The molecule has 1 heterocycles. The van der Waals surface area contributed by atoms with E-state index in [1.807, 2.05) is 54.6 Å². The van der Waals surface area contributed by atoms with Gasteiger partial charge in [-0.1, -0.05) is 42.5 Å². The number of rotatable bonds is 8. The Bertz CT molecular complexity index is 1020. The monoisotopic (exact) mass is 438 g/mol. The molecule has 170 valence electrons. The summed E-state index contributed by atoms with van der Waals surface area (Å²) in [6, 6.07) is 16.4. The number of fused-ring (bicyclic) bond motifs is 1. The highest BCUT2D eigenvalue weighted by atomic mass is 16.7. The van der Waals surface area contributed by atoms with Gasteiger partial charge in [0.1, 0.15) is 11.6 Å². The third kappa shape index (κ3) is 6.83. The second-order valence-electron chi connectivity index (χ2n) is 8.56. The standard InChI is InChI=1S/C24H30N4O4/c1-24(2,3)32-23(30)27-21(13-19-12-18-6-4-5-7-20(18)26-19)22(29)28-31-15-17-10-8-16(14-25)9-11-17/h4-12,21,26H,13-15,25H2,1-3H3,(H,27,30)(H,28,29). The molecule has 5 N–H and O–H groups in total. The Balaban J connectivity index is 1.65.